The molecule has 7 nitrogen and oxygen atoms in total. The van der Waals surface area contributed by atoms with E-state index in [1.54, 1.807) is 6.07 Å². The summed E-state index contributed by atoms with van der Waals surface area (Å²) in [7, 11) is -3.81. The zero-order valence-corrected chi connectivity index (χ0v) is 17.8. The van der Waals surface area contributed by atoms with Gasteiger partial charge in [-0.15, -0.1) is 11.8 Å². The lowest BCUT2D eigenvalue weighted by Gasteiger charge is -2.22. The molecule has 0 fully saturated rings. The number of hydrogen-bond acceptors (Lipinski definition) is 6. The summed E-state index contributed by atoms with van der Waals surface area (Å²) in [6.07, 6.45) is 0.502. The van der Waals surface area contributed by atoms with Gasteiger partial charge in [0.1, 0.15) is 0 Å². The fourth-order valence-electron chi connectivity index (χ4n) is 3.27. The fourth-order valence-corrected chi connectivity index (χ4v) is 4.66. The van der Waals surface area contributed by atoms with Gasteiger partial charge < -0.3 is 9.64 Å². The molecule has 1 atom stereocenters. The molecule has 3 rings (SSSR count). The number of sulfonamides is 1. The van der Waals surface area contributed by atoms with Gasteiger partial charge in [-0.2, -0.15) is 0 Å². The van der Waals surface area contributed by atoms with Crippen LogP contribution in [-0.2, 0) is 30.8 Å². The highest BCUT2D eigenvalue weighted by Gasteiger charge is 2.32. The number of carbonyl (C=O) groups excluding carboxylic acids is 2. The second-order valence-electron chi connectivity index (χ2n) is 6.87. The summed E-state index contributed by atoms with van der Waals surface area (Å²) in [5.41, 5.74) is 2.40. The van der Waals surface area contributed by atoms with Crippen LogP contribution in [0.25, 0.3) is 0 Å². The van der Waals surface area contributed by atoms with E-state index in [-0.39, 0.29) is 29.2 Å². The minimum Gasteiger partial charge on any atom is -0.455 e. The highest BCUT2D eigenvalue weighted by Crippen LogP contribution is 2.33. The van der Waals surface area contributed by atoms with Crippen molar-refractivity contribution in [1.82, 2.24) is 0 Å². The third kappa shape index (κ3) is 4.98. The number of hydrogen-bond donors (Lipinski definition) is 1. The standard InChI is InChI=1S/C20H22N2O5S2/c1-13-5-3-4-6-18(13)28-12-20(24)27-11-19(23)22-14(2)9-15-10-16(29(21,25)26)7-8-17(15)22/h3-8,10,14H,9,11-12H2,1-2H3,(H2,21,25,26). The molecule has 1 amide bonds. The predicted molar refractivity (Wildman–Crippen MR) is 111 cm³/mol. The Kier molecular flexibility index (Phi) is 6.30. The molecule has 2 aromatic carbocycles. The maximum atomic E-state index is 12.6. The van der Waals surface area contributed by atoms with Crippen LogP contribution in [-0.4, -0.2) is 38.7 Å². The molecule has 0 radical (unpaired) electrons. The van der Waals surface area contributed by atoms with Crippen LogP contribution in [0.5, 0.6) is 0 Å². The minimum atomic E-state index is -3.81. The molecule has 1 heterocycles. The Morgan fingerprint density at radius 1 is 1.24 bits per heavy atom. The Hall–Kier alpha value is -2.36. The summed E-state index contributed by atoms with van der Waals surface area (Å²) in [6, 6.07) is 12.0. The molecule has 0 saturated heterocycles. The van der Waals surface area contributed by atoms with Crippen molar-refractivity contribution in [2.75, 3.05) is 17.3 Å². The fraction of sp³-hybridized carbons (Fsp3) is 0.300. The van der Waals surface area contributed by atoms with Crippen molar-refractivity contribution in [3.8, 4) is 0 Å². The first-order valence-corrected chi connectivity index (χ1v) is 11.5. The zero-order valence-electron chi connectivity index (χ0n) is 16.1. The first-order valence-electron chi connectivity index (χ1n) is 8.98. The first kappa shape index (κ1) is 21.4. The first-order chi connectivity index (χ1) is 13.7. The number of fused-ring (bicyclic) bond motifs is 1. The van der Waals surface area contributed by atoms with E-state index in [2.05, 4.69) is 0 Å². The third-order valence-electron chi connectivity index (χ3n) is 4.66. The van der Waals surface area contributed by atoms with Crippen molar-refractivity contribution in [2.24, 2.45) is 5.14 Å². The molecule has 1 unspecified atom stereocenters. The highest BCUT2D eigenvalue weighted by atomic mass is 32.2. The number of nitrogens with two attached hydrogens (primary N) is 1. The number of ether oxygens (including phenoxy) is 1. The smallest absolute Gasteiger partial charge is 0.316 e. The SMILES string of the molecule is Cc1ccccc1SCC(=O)OCC(=O)N1c2ccc(S(N)(=O)=O)cc2CC1C. The van der Waals surface area contributed by atoms with Gasteiger partial charge in [0.15, 0.2) is 6.61 Å². The van der Waals surface area contributed by atoms with Crippen molar-refractivity contribution < 1.29 is 22.7 Å². The molecule has 0 aliphatic carbocycles. The van der Waals surface area contributed by atoms with Crippen LogP contribution >= 0.6 is 11.8 Å². The molecule has 0 bridgehead atoms. The maximum absolute atomic E-state index is 12.6. The van der Waals surface area contributed by atoms with Gasteiger partial charge >= 0.3 is 5.97 Å². The lowest BCUT2D eigenvalue weighted by atomic mass is 10.1. The van der Waals surface area contributed by atoms with E-state index in [1.165, 1.54) is 28.8 Å². The van der Waals surface area contributed by atoms with Crippen molar-refractivity contribution in [3.05, 3.63) is 53.6 Å². The summed E-state index contributed by atoms with van der Waals surface area (Å²) in [6.45, 7) is 3.45. The summed E-state index contributed by atoms with van der Waals surface area (Å²) in [4.78, 5) is 27.2. The Morgan fingerprint density at radius 2 is 1.97 bits per heavy atom. The van der Waals surface area contributed by atoms with Gasteiger partial charge in [0, 0.05) is 16.6 Å². The number of benzene rings is 2. The third-order valence-corrected chi connectivity index (χ3v) is 6.72. The average Bonchev–Trinajstić information content (AvgIpc) is 2.99. The average molecular weight is 435 g/mol. The number of esters is 1. The van der Waals surface area contributed by atoms with Crippen molar-refractivity contribution in [1.29, 1.82) is 0 Å². The number of nitrogens with zero attached hydrogens (tertiary/aromatic N) is 1. The minimum absolute atomic E-state index is 0.0115. The molecule has 0 aromatic heterocycles. The van der Waals surface area contributed by atoms with E-state index >= 15 is 0 Å². The van der Waals surface area contributed by atoms with Crippen molar-refractivity contribution in [3.63, 3.8) is 0 Å². The highest BCUT2D eigenvalue weighted by molar-refractivity contribution is 8.00. The molecular weight excluding hydrogens is 412 g/mol. The summed E-state index contributed by atoms with van der Waals surface area (Å²) in [5.74, 6) is -0.709. The number of amides is 1. The molecule has 9 heteroatoms. The Morgan fingerprint density at radius 3 is 2.66 bits per heavy atom. The molecule has 1 aliphatic rings. The molecule has 0 spiro atoms. The van der Waals surface area contributed by atoms with E-state index < -0.39 is 16.0 Å². The van der Waals surface area contributed by atoms with Crippen LogP contribution in [0.15, 0.2) is 52.3 Å². The molecule has 29 heavy (non-hydrogen) atoms. The number of anilines is 1. The Balaban J connectivity index is 1.60. The second-order valence-corrected chi connectivity index (χ2v) is 9.45. The van der Waals surface area contributed by atoms with Crippen LogP contribution in [0.1, 0.15) is 18.1 Å². The summed E-state index contributed by atoms with van der Waals surface area (Å²) < 4.78 is 28.2. The van der Waals surface area contributed by atoms with Crippen LogP contribution in [0.2, 0.25) is 0 Å². The van der Waals surface area contributed by atoms with E-state index in [0.717, 1.165) is 16.0 Å². The summed E-state index contributed by atoms with van der Waals surface area (Å²) in [5, 5.41) is 5.17. The van der Waals surface area contributed by atoms with E-state index in [0.29, 0.717) is 12.1 Å². The molecule has 154 valence electrons. The van der Waals surface area contributed by atoms with Crippen LogP contribution in [0.3, 0.4) is 0 Å². The van der Waals surface area contributed by atoms with Crippen LogP contribution in [0, 0.1) is 6.92 Å². The van der Waals surface area contributed by atoms with Gasteiger partial charge in [-0.05, 0) is 55.7 Å². The van der Waals surface area contributed by atoms with Gasteiger partial charge in [0.2, 0.25) is 10.0 Å². The van der Waals surface area contributed by atoms with Crippen LogP contribution < -0.4 is 10.0 Å². The van der Waals surface area contributed by atoms with E-state index in [4.69, 9.17) is 9.88 Å². The summed E-state index contributed by atoms with van der Waals surface area (Å²) >= 11 is 1.36. The number of primary sulfonamides is 1. The van der Waals surface area contributed by atoms with Gasteiger partial charge in [-0.3, -0.25) is 9.59 Å². The molecular formula is C20H22N2O5S2. The van der Waals surface area contributed by atoms with Crippen LogP contribution in [0.4, 0.5) is 5.69 Å². The molecule has 1 aliphatic heterocycles. The second kappa shape index (κ2) is 8.56. The zero-order chi connectivity index (χ0) is 21.2. The topological polar surface area (TPSA) is 107 Å². The predicted octanol–water partition coefficient (Wildman–Crippen LogP) is 2.26. The van der Waals surface area contributed by atoms with E-state index in [1.807, 2.05) is 38.1 Å². The largest absolute Gasteiger partial charge is 0.455 e. The monoisotopic (exact) mass is 434 g/mol. The molecule has 2 N–H and O–H groups in total. The van der Waals surface area contributed by atoms with Gasteiger partial charge in [0.05, 0.1) is 10.6 Å². The number of thioether (sulfide) groups is 1. The van der Waals surface area contributed by atoms with Crippen molar-refractivity contribution >= 4 is 39.3 Å². The van der Waals surface area contributed by atoms with Crippen molar-refractivity contribution in [2.45, 2.75) is 36.1 Å². The van der Waals surface area contributed by atoms with Gasteiger partial charge in [0.25, 0.3) is 5.91 Å². The molecule has 2 aromatic rings. The van der Waals surface area contributed by atoms with E-state index in [9.17, 15) is 18.0 Å². The number of aryl methyl sites for hydroxylation is 1. The number of rotatable bonds is 6. The van der Waals surface area contributed by atoms with Gasteiger partial charge in [-0.25, -0.2) is 13.6 Å². The lowest BCUT2D eigenvalue weighted by molar-refractivity contribution is -0.145. The number of carbonyl (C=O) groups is 2. The normalized spacial score (nSPS) is 15.8. The Bertz CT molecular complexity index is 1050. The lowest BCUT2D eigenvalue weighted by Crippen LogP contribution is -2.38. The quantitative estimate of drug-likeness (QED) is 0.552. The molecule has 0 saturated carbocycles. The van der Waals surface area contributed by atoms with Gasteiger partial charge in [-0.1, -0.05) is 18.2 Å². The maximum Gasteiger partial charge on any atom is 0.316 e. The Labute approximate surface area is 174 Å².